The zero-order valence-electron chi connectivity index (χ0n) is 18.6. The predicted octanol–water partition coefficient (Wildman–Crippen LogP) is 3.93. The van der Waals surface area contributed by atoms with Crippen LogP contribution >= 0.6 is 15.9 Å². The lowest BCUT2D eigenvalue weighted by molar-refractivity contribution is 0.579. The van der Waals surface area contributed by atoms with E-state index in [9.17, 15) is 13.2 Å². The first-order valence-corrected chi connectivity index (χ1v) is 13.2. The van der Waals surface area contributed by atoms with E-state index in [-0.39, 0.29) is 17.7 Å². The molecule has 176 valence electrons. The summed E-state index contributed by atoms with van der Waals surface area (Å²) in [4.78, 5) is 22.2. The molecule has 0 radical (unpaired) electrons. The van der Waals surface area contributed by atoms with Crippen LogP contribution in [0.4, 0.5) is 0 Å². The summed E-state index contributed by atoms with van der Waals surface area (Å²) in [7, 11) is -1.83. The van der Waals surface area contributed by atoms with Gasteiger partial charge in [-0.25, -0.2) is 18.1 Å². The van der Waals surface area contributed by atoms with Gasteiger partial charge in [0.25, 0.3) is 0 Å². The third-order valence-corrected chi connectivity index (χ3v) is 7.33. The van der Waals surface area contributed by atoms with E-state index in [1.165, 1.54) is 0 Å². The van der Waals surface area contributed by atoms with E-state index in [0.29, 0.717) is 37.5 Å². The van der Waals surface area contributed by atoms with E-state index in [4.69, 9.17) is 0 Å². The summed E-state index contributed by atoms with van der Waals surface area (Å²) in [5, 5.41) is 5.79. The number of hydrogen-bond acceptors (Lipinski definition) is 6. The Bertz CT molecular complexity index is 1750. The van der Waals surface area contributed by atoms with E-state index >= 15 is 0 Å². The smallest absolute Gasteiger partial charge is 0.216 e. The van der Waals surface area contributed by atoms with Crippen LogP contribution in [0.25, 0.3) is 32.8 Å². The van der Waals surface area contributed by atoms with Crippen LogP contribution in [0.5, 0.6) is 0 Å². The van der Waals surface area contributed by atoms with Gasteiger partial charge in [0.2, 0.25) is 10.0 Å². The molecular weight excluding hydrogens is 530 g/mol. The molecule has 0 bridgehead atoms. The number of fused-ring (bicyclic) bond motifs is 2. The number of nitrogens with one attached hydrogen (secondary N) is 1. The van der Waals surface area contributed by atoms with Crippen molar-refractivity contribution in [3.63, 3.8) is 0 Å². The third-order valence-electron chi connectivity index (χ3n) is 5.59. The van der Waals surface area contributed by atoms with Crippen molar-refractivity contribution in [1.29, 1.82) is 0 Å². The summed E-state index contributed by atoms with van der Waals surface area (Å²) in [6.45, 7) is 0.0740. The molecule has 5 aromatic rings. The molecule has 3 heterocycles. The molecule has 0 aliphatic rings. The zero-order chi connectivity index (χ0) is 24.6. The van der Waals surface area contributed by atoms with Gasteiger partial charge in [-0.05, 0) is 57.2 Å². The van der Waals surface area contributed by atoms with Crippen molar-refractivity contribution in [2.75, 3.05) is 0 Å². The number of rotatable bonds is 6. The first-order chi connectivity index (χ1) is 16.8. The van der Waals surface area contributed by atoms with Crippen LogP contribution in [-0.4, -0.2) is 28.2 Å². The lowest BCUT2D eigenvalue weighted by atomic mass is 10.1. The van der Waals surface area contributed by atoms with E-state index in [1.807, 2.05) is 19.3 Å². The van der Waals surface area contributed by atoms with E-state index in [1.54, 1.807) is 65.6 Å². The second-order valence-corrected chi connectivity index (χ2v) is 10.8. The van der Waals surface area contributed by atoms with Crippen LogP contribution in [0.1, 0.15) is 11.3 Å². The van der Waals surface area contributed by atoms with Crippen molar-refractivity contribution >= 4 is 47.6 Å². The Morgan fingerprint density at radius 1 is 1.00 bits per heavy atom. The molecule has 0 spiro atoms. The molecule has 0 saturated carbocycles. The number of hydrogen-bond donors (Lipinski definition) is 1. The SMILES string of the molecule is Cn1cc(-c2cnc3ccc4ccc(CS(=O)(=O)NCc5cccc(Br)n5)cc4c(=O)c3c2)cn1. The molecule has 1 N–H and O–H groups in total. The van der Waals surface area contributed by atoms with Gasteiger partial charge in [-0.3, -0.25) is 14.5 Å². The summed E-state index contributed by atoms with van der Waals surface area (Å²) in [6.07, 6.45) is 5.29. The first-order valence-electron chi connectivity index (χ1n) is 10.7. The van der Waals surface area contributed by atoms with E-state index in [0.717, 1.165) is 11.1 Å². The second-order valence-electron chi connectivity index (χ2n) is 8.18. The lowest BCUT2D eigenvalue weighted by Gasteiger charge is -2.07. The van der Waals surface area contributed by atoms with Gasteiger partial charge in [0.05, 0.1) is 29.7 Å². The molecule has 0 saturated heterocycles. The monoisotopic (exact) mass is 549 g/mol. The molecule has 5 rings (SSSR count). The molecule has 0 amide bonds. The number of nitrogens with zero attached hydrogens (tertiary/aromatic N) is 4. The van der Waals surface area contributed by atoms with Crippen LogP contribution in [-0.2, 0) is 29.4 Å². The summed E-state index contributed by atoms with van der Waals surface area (Å²) in [5.74, 6) is -0.258. The molecule has 8 nitrogen and oxygen atoms in total. The zero-order valence-corrected chi connectivity index (χ0v) is 21.0. The molecule has 35 heavy (non-hydrogen) atoms. The van der Waals surface area contributed by atoms with Gasteiger partial charge in [0.15, 0.2) is 5.43 Å². The minimum Gasteiger partial charge on any atom is -0.289 e. The minimum absolute atomic E-state index is 0.0740. The fourth-order valence-corrected chi connectivity index (χ4v) is 5.34. The highest BCUT2D eigenvalue weighted by Crippen LogP contribution is 2.22. The molecule has 2 aromatic carbocycles. The Hall–Kier alpha value is -3.47. The second kappa shape index (κ2) is 9.29. The first kappa shape index (κ1) is 23.3. The highest BCUT2D eigenvalue weighted by molar-refractivity contribution is 9.10. The van der Waals surface area contributed by atoms with Crippen LogP contribution in [0, 0.1) is 0 Å². The van der Waals surface area contributed by atoms with Crippen molar-refractivity contribution in [3.8, 4) is 11.1 Å². The van der Waals surface area contributed by atoms with Gasteiger partial charge in [-0.1, -0.05) is 24.3 Å². The Balaban J connectivity index is 1.50. The molecule has 0 unspecified atom stereocenters. The van der Waals surface area contributed by atoms with Crippen LogP contribution in [0.15, 0.2) is 82.6 Å². The predicted molar refractivity (Wildman–Crippen MR) is 139 cm³/mol. The maximum Gasteiger partial charge on any atom is 0.216 e. The highest BCUT2D eigenvalue weighted by atomic mass is 79.9. The van der Waals surface area contributed by atoms with Gasteiger partial charge >= 0.3 is 0 Å². The molecule has 0 aliphatic heterocycles. The van der Waals surface area contributed by atoms with Gasteiger partial charge in [-0.15, -0.1) is 0 Å². The van der Waals surface area contributed by atoms with Crippen molar-refractivity contribution in [2.45, 2.75) is 12.3 Å². The van der Waals surface area contributed by atoms with Crippen molar-refractivity contribution in [1.82, 2.24) is 24.5 Å². The maximum atomic E-state index is 13.5. The summed E-state index contributed by atoms with van der Waals surface area (Å²) in [5.41, 5.74) is 3.11. The molecule has 0 aliphatic carbocycles. The Labute approximate surface area is 209 Å². The van der Waals surface area contributed by atoms with Gasteiger partial charge < -0.3 is 0 Å². The van der Waals surface area contributed by atoms with Gasteiger partial charge in [-0.2, -0.15) is 5.10 Å². The van der Waals surface area contributed by atoms with Gasteiger partial charge in [0, 0.05) is 41.3 Å². The Morgan fingerprint density at radius 3 is 2.60 bits per heavy atom. The van der Waals surface area contributed by atoms with Crippen LogP contribution in [0.3, 0.4) is 0 Å². The number of sulfonamides is 1. The van der Waals surface area contributed by atoms with Crippen molar-refractivity contribution < 1.29 is 8.42 Å². The lowest BCUT2D eigenvalue weighted by Crippen LogP contribution is -2.25. The molecule has 3 aromatic heterocycles. The summed E-state index contributed by atoms with van der Waals surface area (Å²) >= 11 is 3.28. The standard InChI is InChI=1S/C25H20BrN5O3S/c1-31-14-19(12-28-31)18-10-22-23(27-11-18)8-7-17-6-5-16(9-21(17)25(22)32)15-35(33,34)29-13-20-3-2-4-24(26)30-20/h2-12,14,29H,13,15H2,1H3. The number of pyridine rings is 2. The molecule has 0 atom stereocenters. The van der Waals surface area contributed by atoms with Crippen LogP contribution < -0.4 is 10.2 Å². The minimum atomic E-state index is -3.66. The summed E-state index contributed by atoms with van der Waals surface area (Å²) < 4.78 is 30.3. The van der Waals surface area contributed by atoms with E-state index < -0.39 is 10.0 Å². The number of aromatic nitrogens is 4. The summed E-state index contributed by atoms with van der Waals surface area (Å²) in [6, 6.07) is 15.9. The largest absolute Gasteiger partial charge is 0.289 e. The van der Waals surface area contributed by atoms with Crippen LogP contribution in [0.2, 0.25) is 0 Å². The molecule has 10 heteroatoms. The highest BCUT2D eigenvalue weighted by Gasteiger charge is 2.14. The fraction of sp³-hybridized carbons (Fsp3) is 0.120. The number of halogens is 1. The van der Waals surface area contributed by atoms with Crippen molar-refractivity contribution in [3.05, 3.63) is 99.3 Å². The Morgan fingerprint density at radius 2 is 1.83 bits per heavy atom. The maximum absolute atomic E-state index is 13.5. The van der Waals surface area contributed by atoms with Gasteiger partial charge in [0.1, 0.15) is 4.60 Å². The number of aryl methyl sites for hydroxylation is 1. The Kier molecular flexibility index (Phi) is 6.18. The normalized spacial score (nSPS) is 11.8. The third kappa shape index (κ3) is 5.14. The average Bonchev–Trinajstić information content (AvgIpc) is 3.22. The quantitative estimate of drug-likeness (QED) is 0.321. The number of benzene rings is 1. The molecular formula is C25H20BrN5O3S. The van der Waals surface area contributed by atoms with E-state index in [2.05, 4.69) is 35.7 Å². The topological polar surface area (TPSA) is 107 Å². The average molecular weight is 550 g/mol. The molecule has 0 fully saturated rings. The fourth-order valence-electron chi connectivity index (χ4n) is 3.87. The van der Waals surface area contributed by atoms with Crippen molar-refractivity contribution in [2.24, 2.45) is 7.05 Å².